The second kappa shape index (κ2) is 5.65. The van der Waals surface area contributed by atoms with Gasteiger partial charge in [-0.05, 0) is 18.1 Å². The van der Waals surface area contributed by atoms with Crippen molar-refractivity contribution < 1.29 is 18.3 Å². The third kappa shape index (κ3) is 2.92. The van der Waals surface area contributed by atoms with E-state index in [2.05, 4.69) is 0 Å². The van der Waals surface area contributed by atoms with Crippen molar-refractivity contribution in [1.29, 1.82) is 0 Å². The van der Waals surface area contributed by atoms with Gasteiger partial charge in [-0.2, -0.15) is 0 Å². The van der Waals surface area contributed by atoms with Gasteiger partial charge in [0, 0.05) is 24.2 Å². The van der Waals surface area contributed by atoms with Crippen LogP contribution in [0.3, 0.4) is 0 Å². The molecular weight excluding hydrogens is 252 g/mol. The van der Waals surface area contributed by atoms with Gasteiger partial charge in [0.15, 0.2) is 0 Å². The molecule has 0 spiro atoms. The van der Waals surface area contributed by atoms with Crippen molar-refractivity contribution in [3.8, 4) is 0 Å². The maximum absolute atomic E-state index is 13.9. The molecular formula is C14H17F2NO2. The molecule has 0 saturated carbocycles. The standard InChI is InChI=1S/C14H17F2NO2/c1-9(2)13-11(15)7-10(8-12(13)16)14(18)17-3-5-19-6-4-17/h7-9H,3-6H2,1-2H3. The highest BCUT2D eigenvalue weighted by molar-refractivity contribution is 5.94. The van der Waals surface area contributed by atoms with Crippen LogP contribution in [-0.2, 0) is 4.74 Å². The molecule has 2 rings (SSSR count). The average Bonchev–Trinajstić information content (AvgIpc) is 2.37. The molecule has 1 aromatic carbocycles. The Kier molecular flexibility index (Phi) is 4.14. The fraction of sp³-hybridized carbons (Fsp3) is 0.500. The van der Waals surface area contributed by atoms with Gasteiger partial charge in [-0.1, -0.05) is 13.8 Å². The van der Waals surface area contributed by atoms with Crippen LogP contribution in [0.2, 0.25) is 0 Å². The van der Waals surface area contributed by atoms with Crippen molar-refractivity contribution in [2.24, 2.45) is 0 Å². The highest BCUT2D eigenvalue weighted by Gasteiger charge is 2.22. The molecule has 3 nitrogen and oxygen atoms in total. The van der Waals surface area contributed by atoms with Gasteiger partial charge in [0.2, 0.25) is 0 Å². The van der Waals surface area contributed by atoms with E-state index in [1.165, 1.54) is 0 Å². The minimum atomic E-state index is -0.661. The molecule has 0 bridgehead atoms. The zero-order valence-electron chi connectivity index (χ0n) is 11.1. The molecule has 1 aliphatic heterocycles. The number of hydrogen-bond donors (Lipinski definition) is 0. The van der Waals surface area contributed by atoms with Crippen molar-refractivity contribution in [3.05, 3.63) is 34.9 Å². The fourth-order valence-corrected chi connectivity index (χ4v) is 2.21. The summed E-state index contributed by atoms with van der Waals surface area (Å²) in [4.78, 5) is 13.7. The molecule has 0 unspecified atom stereocenters. The molecule has 19 heavy (non-hydrogen) atoms. The number of amides is 1. The molecule has 0 atom stereocenters. The average molecular weight is 269 g/mol. The lowest BCUT2D eigenvalue weighted by Gasteiger charge is -2.27. The highest BCUT2D eigenvalue weighted by Crippen LogP contribution is 2.24. The largest absolute Gasteiger partial charge is 0.378 e. The number of ether oxygens (including phenoxy) is 1. The van der Waals surface area contributed by atoms with E-state index in [0.29, 0.717) is 26.3 Å². The second-order valence-electron chi connectivity index (χ2n) is 4.91. The number of hydrogen-bond acceptors (Lipinski definition) is 2. The van der Waals surface area contributed by atoms with Crippen molar-refractivity contribution in [2.45, 2.75) is 19.8 Å². The van der Waals surface area contributed by atoms with E-state index in [4.69, 9.17) is 4.74 Å². The predicted octanol–water partition coefficient (Wildman–Crippen LogP) is 2.56. The van der Waals surface area contributed by atoms with Crippen LogP contribution in [0, 0.1) is 11.6 Å². The van der Waals surface area contributed by atoms with Gasteiger partial charge in [-0.15, -0.1) is 0 Å². The lowest BCUT2D eigenvalue weighted by molar-refractivity contribution is 0.0302. The van der Waals surface area contributed by atoms with Gasteiger partial charge >= 0.3 is 0 Å². The van der Waals surface area contributed by atoms with Crippen molar-refractivity contribution in [3.63, 3.8) is 0 Å². The number of carbonyl (C=O) groups is 1. The van der Waals surface area contributed by atoms with E-state index in [0.717, 1.165) is 12.1 Å². The predicted molar refractivity (Wildman–Crippen MR) is 67.2 cm³/mol. The van der Waals surface area contributed by atoms with Crippen LogP contribution in [0.1, 0.15) is 35.7 Å². The molecule has 0 N–H and O–H groups in total. The third-order valence-electron chi connectivity index (χ3n) is 3.20. The molecule has 0 aliphatic carbocycles. The summed E-state index contributed by atoms with van der Waals surface area (Å²) in [6.45, 7) is 5.25. The summed E-state index contributed by atoms with van der Waals surface area (Å²) in [6.07, 6.45) is 0. The molecule has 0 radical (unpaired) electrons. The van der Waals surface area contributed by atoms with Crippen LogP contribution in [0.5, 0.6) is 0 Å². The Morgan fingerprint density at radius 1 is 1.21 bits per heavy atom. The lowest BCUT2D eigenvalue weighted by atomic mass is 9.99. The molecule has 1 amide bonds. The minimum Gasteiger partial charge on any atom is -0.378 e. The Hall–Kier alpha value is -1.49. The first kappa shape index (κ1) is 13.9. The first-order valence-electron chi connectivity index (χ1n) is 6.36. The Morgan fingerprint density at radius 3 is 2.21 bits per heavy atom. The number of nitrogens with zero attached hydrogens (tertiary/aromatic N) is 1. The van der Waals surface area contributed by atoms with Crippen LogP contribution in [0.4, 0.5) is 8.78 Å². The maximum atomic E-state index is 13.9. The monoisotopic (exact) mass is 269 g/mol. The highest BCUT2D eigenvalue weighted by atomic mass is 19.1. The topological polar surface area (TPSA) is 29.5 Å². The third-order valence-corrected chi connectivity index (χ3v) is 3.20. The summed E-state index contributed by atoms with van der Waals surface area (Å²) < 4.78 is 32.8. The van der Waals surface area contributed by atoms with Gasteiger partial charge < -0.3 is 9.64 Å². The molecule has 1 heterocycles. The molecule has 104 valence electrons. The summed E-state index contributed by atoms with van der Waals surface area (Å²) >= 11 is 0. The second-order valence-corrected chi connectivity index (χ2v) is 4.91. The summed E-state index contributed by atoms with van der Waals surface area (Å²) in [6, 6.07) is 2.24. The first-order chi connectivity index (χ1) is 9.00. The molecule has 1 fully saturated rings. The summed E-state index contributed by atoms with van der Waals surface area (Å²) in [5.74, 6) is -1.93. The SMILES string of the molecule is CC(C)c1c(F)cc(C(=O)N2CCOCC2)cc1F. The van der Waals surface area contributed by atoms with Gasteiger partial charge in [0.1, 0.15) is 11.6 Å². The Balaban J connectivity index is 2.28. The Bertz CT molecular complexity index is 459. The van der Waals surface area contributed by atoms with E-state index < -0.39 is 11.6 Å². The van der Waals surface area contributed by atoms with Crippen LogP contribution in [0.15, 0.2) is 12.1 Å². The number of carbonyl (C=O) groups excluding carboxylic acids is 1. The van der Waals surface area contributed by atoms with Crippen molar-refractivity contribution in [2.75, 3.05) is 26.3 Å². The van der Waals surface area contributed by atoms with E-state index in [1.54, 1.807) is 18.7 Å². The smallest absolute Gasteiger partial charge is 0.254 e. The Labute approximate surface area is 111 Å². The number of rotatable bonds is 2. The van der Waals surface area contributed by atoms with E-state index in [-0.39, 0.29) is 23.0 Å². The minimum absolute atomic E-state index is 0.0264. The van der Waals surface area contributed by atoms with Crippen LogP contribution < -0.4 is 0 Å². The van der Waals surface area contributed by atoms with E-state index in [9.17, 15) is 13.6 Å². The molecule has 1 aromatic rings. The van der Waals surface area contributed by atoms with Gasteiger partial charge in [-0.3, -0.25) is 4.79 Å². The maximum Gasteiger partial charge on any atom is 0.254 e. The van der Waals surface area contributed by atoms with Crippen LogP contribution in [0.25, 0.3) is 0 Å². The molecule has 0 aromatic heterocycles. The van der Waals surface area contributed by atoms with Crippen LogP contribution >= 0.6 is 0 Å². The zero-order valence-corrected chi connectivity index (χ0v) is 11.1. The van der Waals surface area contributed by atoms with Gasteiger partial charge in [-0.25, -0.2) is 8.78 Å². The summed E-state index contributed by atoms with van der Waals surface area (Å²) in [7, 11) is 0. The first-order valence-corrected chi connectivity index (χ1v) is 6.36. The van der Waals surface area contributed by atoms with Crippen molar-refractivity contribution >= 4 is 5.91 Å². The quantitative estimate of drug-likeness (QED) is 0.825. The Morgan fingerprint density at radius 2 is 1.74 bits per heavy atom. The summed E-state index contributed by atoms with van der Waals surface area (Å²) in [5, 5.41) is 0. The van der Waals surface area contributed by atoms with Crippen molar-refractivity contribution in [1.82, 2.24) is 4.90 Å². The molecule has 1 aliphatic rings. The van der Waals surface area contributed by atoms with E-state index >= 15 is 0 Å². The van der Waals surface area contributed by atoms with Gasteiger partial charge in [0.25, 0.3) is 5.91 Å². The number of morpholine rings is 1. The normalized spacial score (nSPS) is 15.9. The summed E-state index contributed by atoms with van der Waals surface area (Å²) in [5.41, 5.74) is 0.0832. The zero-order chi connectivity index (χ0) is 14.0. The lowest BCUT2D eigenvalue weighted by Crippen LogP contribution is -2.40. The van der Waals surface area contributed by atoms with Crippen LogP contribution in [-0.4, -0.2) is 37.1 Å². The fourth-order valence-electron chi connectivity index (χ4n) is 2.21. The molecule has 1 saturated heterocycles. The number of halogens is 2. The molecule has 5 heteroatoms. The van der Waals surface area contributed by atoms with E-state index in [1.807, 2.05) is 0 Å². The number of benzene rings is 1. The van der Waals surface area contributed by atoms with Gasteiger partial charge in [0.05, 0.1) is 13.2 Å².